The zero-order valence-corrected chi connectivity index (χ0v) is 14.8. The molecule has 1 aromatic rings. The highest BCUT2D eigenvalue weighted by atomic mass is 16.5. The van der Waals surface area contributed by atoms with Crippen LogP contribution in [0.2, 0.25) is 0 Å². The maximum Gasteiger partial charge on any atom is 0.255 e. The molecule has 2 unspecified atom stereocenters. The van der Waals surface area contributed by atoms with Crippen molar-refractivity contribution in [1.29, 1.82) is 0 Å². The molecule has 1 saturated carbocycles. The fourth-order valence-corrected chi connectivity index (χ4v) is 3.95. The average molecular weight is 320 g/mol. The molecule has 23 heavy (non-hydrogen) atoms. The van der Waals surface area contributed by atoms with E-state index in [1.165, 1.54) is 10.6 Å². The lowest BCUT2D eigenvalue weighted by Gasteiger charge is -2.58. The van der Waals surface area contributed by atoms with Gasteiger partial charge in [0, 0.05) is 44.4 Å². The molecule has 1 aliphatic rings. The van der Waals surface area contributed by atoms with Crippen LogP contribution < -0.4 is 5.56 Å². The first-order valence-corrected chi connectivity index (χ1v) is 8.46. The summed E-state index contributed by atoms with van der Waals surface area (Å²) in [6, 6.07) is 3.23. The van der Waals surface area contributed by atoms with Crippen molar-refractivity contribution in [2.24, 2.45) is 12.5 Å². The Morgan fingerprint density at radius 3 is 2.52 bits per heavy atom. The van der Waals surface area contributed by atoms with E-state index in [9.17, 15) is 9.59 Å². The normalized spacial score (nSPS) is 22.5. The Kier molecular flexibility index (Phi) is 5.30. The molecule has 1 aliphatic carbocycles. The second-order valence-corrected chi connectivity index (χ2v) is 6.42. The highest BCUT2D eigenvalue weighted by Crippen LogP contribution is 2.51. The molecule has 0 bridgehead atoms. The van der Waals surface area contributed by atoms with Crippen LogP contribution in [-0.2, 0) is 11.8 Å². The second kappa shape index (κ2) is 6.87. The van der Waals surface area contributed by atoms with Crippen molar-refractivity contribution in [2.45, 2.75) is 52.2 Å². The molecular weight excluding hydrogens is 292 g/mol. The highest BCUT2D eigenvalue weighted by molar-refractivity contribution is 5.94. The van der Waals surface area contributed by atoms with Gasteiger partial charge >= 0.3 is 0 Å². The van der Waals surface area contributed by atoms with Gasteiger partial charge in [-0.25, -0.2) is 0 Å². The maximum atomic E-state index is 12.8. The van der Waals surface area contributed by atoms with E-state index in [2.05, 4.69) is 13.8 Å². The molecule has 0 spiro atoms. The average Bonchev–Trinajstić information content (AvgIpc) is 2.54. The van der Waals surface area contributed by atoms with Crippen LogP contribution in [0, 0.1) is 5.41 Å². The van der Waals surface area contributed by atoms with Crippen molar-refractivity contribution >= 4 is 5.91 Å². The number of carbonyl (C=O) groups is 1. The van der Waals surface area contributed by atoms with E-state index >= 15 is 0 Å². The summed E-state index contributed by atoms with van der Waals surface area (Å²) < 4.78 is 7.34. The van der Waals surface area contributed by atoms with Gasteiger partial charge in [0.05, 0.1) is 11.7 Å². The Morgan fingerprint density at radius 2 is 2.00 bits per heavy atom. The van der Waals surface area contributed by atoms with Crippen LogP contribution in [0.25, 0.3) is 0 Å². The van der Waals surface area contributed by atoms with Gasteiger partial charge in [0.15, 0.2) is 0 Å². The lowest BCUT2D eigenvalue weighted by Crippen LogP contribution is -2.64. The van der Waals surface area contributed by atoms with Crippen LogP contribution in [-0.4, -0.2) is 41.2 Å². The lowest BCUT2D eigenvalue weighted by molar-refractivity contribution is -0.159. The van der Waals surface area contributed by atoms with Crippen LogP contribution in [0.4, 0.5) is 0 Å². The molecule has 0 saturated heterocycles. The minimum Gasteiger partial charge on any atom is -0.378 e. The fraction of sp³-hybridized carbons (Fsp3) is 0.667. The largest absolute Gasteiger partial charge is 0.378 e. The van der Waals surface area contributed by atoms with Gasteiger partial charge in [-0.05, 0) is 32.3 Å². The Balaban J connectivity index is 2.22. The zero-order chi connectivity index (χ0) is 17.2. The molecule has 1 heterocycles. The molecule has 128 valence electrons. The maximum absolute atomic E-state index is 12.8. The zero-order valence-electron chi connectivity index (χ0n) is 14.8. The standard InChI is InChI=1S/C18H28N2O3/c1-6-18(7-2)14(11-15(18)23-8-3)20(5)17(22)13-9-10-16(21)19(4)12-13/h9-10,12,14-15H,6-8,11H2,1-5H3. The molecule has 2 atom stereocenters. The molecule has 1 fully saturated rings. The van der Waals surface area contributed by atoms with Crippen molar-refractivity contribution in [3.05, 3.63) is 34.2 Å². The van der Waals surface area contributed by atoms with Crippen LogP contribution in [0.1, 0.15) is 50.4 Å². The van der Waals surface area contributed by atoms with Crippen LogP contribution in [0.15, 0.2) is 23.1 Å². The highest BCUT2D eigenvalue weighted by Gasteiger charge is 2.55. The summed E-state index contributed by atoms with van der Waals surface area (Å²) in [5, 5.41) is 0. The summed E-state index contributed by atoms with van der Waals surface area (Å²) in [6.45, 7) is 7.07. The number of pyridine rings is 1. The number of aromatic nitrogens is 1. The SMILES string of the molecule is CCOC1CC(N(C)C(=O)c2ccc(=O)n(C)c2)C1(CC)CC. The smallest absolute Gasteiger partial charge is 0.255 e. The van der Waals surface area contributed by atoms with Gasteiger partial charge in [-0.2, -0.15) is 0 Å². The fourth-order valence-electron chi connectivity index (χ4n) is 3.95. The number of nitrogens with zero attached hydrogens (tertiary/aromatic N) is 2. The predicted octanol–water partition coefficient (Wildman–Crippen LogP) is 2.44. The Hall–Kier alpha value is -1.62. The molecule has 5 nitrogen and oxygen atoms in total. The van der Waals surface area contributed by atoms with E-state index < -0.39 is 0 Å². The van der Waals surface area contributed by atoms with Gasteiger partial charge in [-0.3, -0.25) is 9.59 Å². The first-order valence-electron chi connectivity index (χ1n) is 8.46. The van der Waals surface area contributed by atoms with Gasteiger partial charge in [0.2, 0.25) is 5.56 Å². The summed E-state index contributed by atoms with van der Waals surface area (Å²) in [7, 11) is 3.52. The van der Waals surface area contributed by atoms with E-state index in [0.717, 1.165) is 19.3 Å². The van der Waals surface area contributed by atoms with Crippen molar-refractivity contribution in [3.8, 4) is 0 Å². The van der Waals surface area contributed by atoms with Gasteiger partial charge in [-0.1, -0.05) is 13.8 Å². The van der Waals surface area contributed by atoms with Crippen molar-refractivity contribution in [3.63, 3.8) is 0 Å². The second-order valence-electron chi connectivity index (χ2n) is 6.42. The number of aryl methyl sites for hydroxylation is 1. The molecule has 5 heteroatoms. The van der Waals surface area contributed by atoms with Gasteiger partial charge in [0.25, 0.3) is 5.91 Å². The molecule has 0 N–H and O–H groups in total. The van der Waals surface area contributed by atoms with Crippen molar-refractivity contribution in [2.75, 3.05) is 13.7 Å². The number of carbonyl (C=O) groups excluding carboxylic acids is 1. The minimum atomic E-state index is -0.110. The summed E-state index contributed by atoms with van der Waals surface area (Å²) in [4.78, 5) is 26.1. The van der Waals surface area contributed by atoms with Crippen LogP contribution in [0.5, 0.6) is 0 Å². The molecule has 1 amide bonds. The van der Waals surface area contributed by atoms with E-state index in [0.29, 0.717) is 12.2 Å². The van der Waals surface area contributed by atoms with E-state index in [1.54, 1.807) is 19.3 Å². The van der Waals surface area contributed by atoms with Crippen LogP contribution >= 0.6 is 0 Å². The van der Waals surface area contributed by atoms with E-state index in [4.69, 9.17) is 4.74 Å². The molecule has 2 rings (SSSR count). The summed E-state index contributed by atoms with van der Waals surface area (Å²) in [5.41, 5.74) is 0.470. The number of rotatable bonds is 6. The Bertz CT molecular complexity index is 619. The molecular formula is C18H28N2O3. The number of amides is 1. The summed E-state index contributed by atoms with van der Waals surface area (Å²) in [6.07, 6.45) is 4.69. The third-order valence-corrected chi connectivity index (χ3v) is 5.55. The quantitative estimate of drug-likeness (QED) is 0.809. The van der Waals surface area contributed by atoms with Gasteiger partial charge in [0.1, 0.15) is 0 Å². The monoisotopic (exact) mass is 320 g/mol. The van der Waals surface area contributed by atoms with Gasteiger partial charge in [-0.15, -0.1) is 0 Å². The first kappa shape index (κ1) is 17.7. The van der Waals surface area contributed by atoms with E-state index in [-0.39, 0.29) is 29.0 Å². The summed E-state index contributed by atoms with van der Waals surface area (Å²) in [5.74, 6) is -0.0353. The third-order valence-electron chi connectivity index (χ3n) is 5.55. The molecule has 0 radical (unpaired) electrons. The van der Waals surface area contributed by atoms with E-state index in [1.807, 2.05) is 18.9 Å². The predicted molar refractivity (Wildman–Crippen MR) is 90.6 cm³/mol. The Morgan fingerprint density at radius 1 is 1.35 bits per heavy atom. The molecule has 0 aliphatic heterocycles. The Labute approximate surface area is 138 Å². The van der Waals surface area contributed by atoms with Crippen LogP contribution in [0.3, 0.4) is 0 Å². The number of hydrogen-bond acceptors (Lipinski definition) is 3. The minimum absolute atomic E-state index is 0.0289. The topological polar surface area (TPSA) is 51.5 Å². The third kappa shape index (κ3) is 2.94. The first-order chi connectivity index (χ1) is 10.9. The number of hydrogen-bond donors (Lipinski definition) is 0. The lowest BCUT2D eigenvalue weighted by atomic mass is 9.58. The van der Waals surface area contributed by atoms with Crippen molar-refractivity contribution < 1.29 is 9.53 Å². The van der Waals surface area contributed by atoms with Gasteiger partial charge < -0.3 is 14.2 Å². The number of ether oxygens (including phenoxy) is 1. The van der Waals surface area contributed by atoms with Crippen molar-refractivity contribution in [1.82, 2.24) is 9.47 Å². The molecule has 1 aromatic heterocycles. The summed E-state index contributed by atoms with van der Waals surface area (Å²) >= 11 is 0. The molecule has 0 aromatic carbocycles.